The van der Waals surface area contributed by atoms with Crippen LogP contribution in [0, 0.1) is 17.8 Å². The van der Waals surface area contributed by atoms with Gasteiger partial charge >= 0.3 is 5.97 Å². The molecule has 0 unspecified atom stereocenters. The molecule has 1 fully saturated rings. The number of esters is 1. The van der Waals surface area contributed by atoms with E-state index in [0.29, 0.717) is 17.8 Å². The van der Waals surface area contributed by atoms with Gasteiger partial charge in [0.05, 0.1) is 0 Å². The van der Waals surface area contributed by atoms with E-state index in [1.54, 1.807) is 0 Å². The van der Waals surface area contributed by atoms with Crippen molar-refractivity contribution in [3.05, 3.63) is 0 Å². The second-order valence-corrected chi connectivity index (χ2v) is 5.26. The summed E-state index contributed by atoms with van der Waals surface area (Å²) < 4.78 is 5.41. The van der Waals surface area contributed by atoms with E-state index in [9.17, 15) is 4.79 Å². The lowest BCUT2D eigenvalue weighted by molar-refractivity contribution is -0.152. The lowest BCUT2D eigenvalue weighted by atomic mass is 9.75. The summed E-state index contributed by atoms with van der Waals surface area (Å²) in [4.78, 5) is 11.2. The Morgan fingerprint density at radius 2 is 2.13 bits per heavy atom. The summed E-state index contributed by atoms with van der Waals surface area (Å²) in [6.45, 7) is 6.61. The largest absolute Gasteiger partial charge is 0.461 e. The molecule has 0 bridgehead atoms. The lowest BCUT2D eigenvalue weighted by Crippen LogP contribution is -2.36. The van der Waals surface area contributed by atoms with Crippen molar-refractivity contribution in [3.8, 4) is 0 Å². The molecule has 0 aromatic rings. The third-order valence-corrected chi connectivity index (χ3v) is 3.57. The van der Waals surface area contributed by atoms with Crippen LogP contribution in [0.5, 0.6) is 0 Å². The molecule has 0 heterocycles. The number of carbonyl (C=O) groups excluding carboxylic acids is 1. The van der Waals surface area contributed by atoms with Gasteiger partial charge in [-0.25, -0.2) is 0 Å². The first kappa shape index (κ1) is 12.8. The molecule has 0 aromatic heterocycles. The molecule has 0 radical (unpaired) electrons. The predicted octanol–water partition coefficient (Wildman–Crippen LogP) is 3.23. The van der Waals surface area contributed by atoms with Crippen LogP contribution in [0.25, 0.3) is 0 Å². The maximum absolute atomic E-state index is 11.2. The molecular formula is C12H21ClO2. The van der Waals surface area contributed by atoms with E-state index in [2.05, 4.69) is 20.8 Å². The molecule has 1 aliphatic rings. The van der Waals surface area contributed by atoms with E-state index < -0.39 is 0 Å². The summed E-state index contributed by atoms with van der Waals surface area (Å²) in [6, 6.07) is 0. The summed E-state index contributed by atoms with van der Waals surface area (Å²) >= 11 is 5.46. The minimum Gasteiger partial charge on any atom is -0.461 e. The average Bonchev–Trinajstić information content (AvgIpc) is 2.17. The molecule has 0 spiro atoms. The zero-order chi connectivity index (χ0) is 11.4. The molecule has 3 atom stereocenters. The SMILES string of the molecule is CC(C)[C@H]1CC[C@H](C)C[C@H]1OC(=O)CCl. The van der Waals surface area contributed by atoms with Crippen LogP contribution in [0.1, 0.15) is 40.0 Å². The molecule has 0 amide bonds. The Bertz CT molecular complexity index is 216. The maximum atomic E-state index is 11.2. The standard InChI is InChI=1S/C12H21ClO2/c1-8(2)10-5-4-9(3)6-11(10)15-12(14)7-13/h8-11H,4-7H2,1-3H3/t9-,10+,11+/m0/s1. The summed E-state index contributed by atoms with van der Waals surface area (Å²) in [6.07, 6.45) is 3.49. The van der Waals surface area contributed by atoms with Crippen molar-refractivity contribution in [2.45, 2.75) is 46.1 Å². The summed E-state index contributed by atoms with van der Waals surface area (Å²) in [5.41, 5.74) is 0. The molecule has 0 N–H and O–H groups in total. The fourth-order valence-corrected chi connectivity index (χ4v) is 2.51. The Hall–Kier alpha value is -0.240. The van der Waals surface area contributed by atoms with Crippen molar-refractivity contribution in [1.82, 2.24) is 0 Å². The van der Waals surface area contributed by atoms with Gasteiger partial charge in [0.2, 0.25) is 0 Å². The molecule has 15 heavy (non-hydrogen) atoms. The van der Waals surface area contributed by atoms with Crippen LogP contribution in [0.2, 0.25) is 0 Å². The normalized spacial score (nSPS) is 31.7. The highest BCUT2D eigenvalue weighted by atomic mass is 35.5. The number of halogens is 1. The molecule has 88 valence electrons. The van der Waals surface area contributed by atoms with E-state index in [1.807, 2.05) is 0 Å². The van der Waals surface area contributed by atoms with Crippen molar-refractivity contribution in [1.29, 1.82) is 0 Å². The zero-order valence-corrected chi connectivity index (χ0v) is 10.6. The van der Waals surface area contributed by atoms with Crippen LogP contribution >= 0.6 is 11.6 Å². The molecule has 0 aliphatic heterocycles. The monoisotopic (exact) mass is 232 g/mol. The smallest absolute Gasteiger partial charge is 0.321 e. The fraction of sp³-hybridized carbons (Fsp3) is 0.917. The van der Waals surface area contributed by atoms with E-state index in [0.717, 1.165) is 6.42 Å². The summed E-state index contributed by atoms with van der Waals surface area (Å²) in [5.74, 6) is 1.43. The number of rotatable bonds is 3. The third-order valence-electron chi connectivity index (χ3n) is 3.35. The Kier molecular flexibility index (Phi) is 4.91. The van der Waals surface area contributed by atoms with Crippen molar-refractivity contribution < 1.29 is 9.53 Å². The topological polar surface area (TPSA) is 26.3 Å². The Balaban J connectivity index is 2.57. The molecule has 1 rings (SSSR count). The number of hydrogen-bond acceptors (Lipinski definition) is 2. The Labute approximate surface area is 97.3 Å². The first-order valence-electron chi connectivity index (χ1n) is 5.80. The highest BCUT2D eigenvalue weighted by Crippen LogP contribution is 2.35. The van der Waals surface area contributed by atoms with Gasteiger partial charge < -0.3 is 4.74 Å². The highest BCUT2D eigenvalue weighted by molar-refractivity contribution is 6.26. The minimum atomic E-state index is -0.276. The second-order valence-electron chi connectivity index (χ2n) is 4.99. The van der Waals surface area contributed by atoms with Gasteiger partial charge in [-0.1, -0.05) is 27.2 Å². The van der Waals surface area contributed by atoms with Gasteiger partial charge in [0, 0.05) is 0 Å². The van der Waals surface area contributed by atoms with Crippen LogP contribution in [0.15, 0.2) is 0 Å². The first-order chi connectivity index (χ1) is 7.04. The van der Waals surface area contributed by atoms with Crippen molar-refractivity contribution in [2.75, 3.05) is 5.88 Å². The van der Waals surface area contributed by atoms with Gasteiger partial charge in [-0.2, -0.15) is 0 Å². The molecule has 3 heteroatoms. The number of hydrogen-bond donors (Lipinski definition) is 0. The van der Waals surface area contributed by atoms with Gasteiger partial charge in [-0.05, 0) is 30.6 Å². The minimum absolute atomic E-state index is 0.0320. The summed E-state index contributed by atoms with van der Waals surface area (Å²) in [5, 5.41) is 0. The first-order valence-corrected chi connectivity index (χ1v) is 6.33. The van der Waals surface area contributed by atoms with Gasteiger partial charge in [0.15, 0.2) is 0 Å². The zero-order valence-electron chi connectivity index (χ0n) is 9.83. The van der Waals surface area contributed by atoms with Crippen LogP contribution in [0.3, 0.4) is 0 Å². The van der Waals surface area contributed by atoms with Gasteiger partial charge in [0.1, 0.15) is 12.0 Å². The van der Waals surface area contributed by atoms with Crippen molar-refractivity contribution in [3.63, 3.8) is 0 Å². The Morgan fingerprint density at radius 1 is 1.47 bits per heavy atom. The number of carbonyl (C=O) groups is 1. The van der Waals surface area contributed by atoms with Crippen LogP contribution in [-0.4, -0.2) is 18.0 Å². The molecule has 0 saturated heterocycles. The van der Waals surface area contributed by atoms with E-state index in [-0.39, 0.29) is 18.0 Å². The van der Waals surface area contributed by atoms with Crippen molar-refractivity contribution in [2.24, 2.45) is 17.8 Å². The number of ether oxygens (including phenoxy) is 1. The van der Waals surface area contributed by atoms with Crippen LogP contribution < -0.4 is 0 Å². The fourth-order valence-electron chi connectivity index (χ4n) is 2.45. The van der Waals surface area contributed by atoms with Gasteiger partial charge in [0.25, 0.3) is 0 Å². The maximum Gasteiger partial charge on any atom is 0.321 e. The van der Waals surface area contributed by atoms with Crippen molar-refractivity contribution >= 4 is 17.6 Å². The van der Waals surface area contributed by atoms with Crippen LogP contribution in [-0.2, 0) is 9.53 Å². The lowest BCUT2D eigenvalue weighted by Gasteiger charge is -2.36. The van der Waals surface area contributed by atoms with Gasteiger partial charge in [-0.3, -0.25) is 4.79 Å². The average molecular weight is 233 g/mol. The highest BCUT2D eigenvalue weighted by Gasteiger charge is 2.33. The molecule has 1 aliphatic carbocycles. The molecule has 2 nitrogen and oxygen atoms in total. The van der Waals surface area contributed by atoms with E-state index in [4.69, 9.17) is 16.3 Å². The molecule has 1 saturated carbocycles. The molecule has 0 aromatic carbocycles. The predicted molar refractivity (Wildman–Crippen MR) is 61.9 cm³/mol. The van der Waals surface area contributed by atoms with Crippen LogP contribution in [0.4, 0.5) is 0 Å². The van der Waals surface area contributed by atoms with E-state index >= 15 is 0 Å². The van der Waals surface area contributed by atoms with Gasteiger partial charge in [-0.15, -0.1) is 11.6 Å². The number of alkyl halides is 1. The third kappa shape index (κ3) is 3.67. The second kappa shape index (κ2) is 5.74. The Morgan fingerprint density at radius 3 is 2.67 bits per heavy atom. The van der Waals surface area contributed by atoms with E-state index in [1.165, 1.54) is 12.8 Å². The molecular weight excluding hydrogens is 212 g/mol. The summed E-state index contributed by atoms with van der Waals surface area (Å²) in [7, 11) is 0. The quantitative estimate of drug-likeness (QED) is 0.552.